The van der Waals surface area contributed by atoms with E-state index in [-0.39, 0.29) is 0 Å². The summed E-state index contributed by atoms with van der Waals surface area (Å²) in [5.74, 6) is 1.30. The van der Waals surface area contributed by atoms with Crippen LogP contribution < -0.4 is 15.0 Å². The molecule has 1 saturated carbocycles. The van der Waals surface area contributed by atoms with Crippen molar-refractivity contribution in [1.82, 2.24) is 20.1 Å². The maximum atomic E-state index is 6.09. The molecule has 8 rings (SSSR count). The Kier molecular flexibility index (Phi) is 6.29. The van der Waals surface area contributed by atoms with E-state index in [0.717, 1.165) is 43.6 Å². The molecule has 0 spiro atoms. The van der Waals surface area contributed by atoms with Gasteiger partial charge < -0.3 is 15.0 Å². The van der Waals surface area contributed by atoms with Gasteiger partial charge in [0.05, 0.1) is 6.20 Å². The van der Waals surface area contributed by atoms with Gasteiger partial charge in [-0.1, -0.05) is 30.3 Å². The van der Waals surface area contributed by atoms with Gasteiger partial charge in [-0.05, 0) is 106 Å². The summed E-state index contributed by atoms with van der Waals surface area (Å²) in [6.07, 6.45) is 10.8. The van der Waals surface area contributed by atoms with Crippen LogP contribution in [0.1, 0.15) is 53.0 Å². The monoisotopic (exact) mass is 553 g/mol. The first-order valence-electron chi connectivity index (χ1n) is 15.1. The van der Waals surface area contributed by atoms with Crippen molar-refractivity contribution in [3.8, 4) is 28.1 Å². The Hall–Kier alpha value is -4.42. The number of pyridine rings is 1. The highest BCUT2D eigenvalue weighted by Gasteiger charge is 2.31. The summed E-state index contributed by atoms with van der Waals surface area (Å²) in [4.78, 5) is 7.11. The van der Waals surface area contributed by atoms with Gasteiger partial charge in [0.1, 0.15) is 6.61 Å². The molecule has 2 aliphatic heterocycles. The molecule has 0 atom stereocenters. The maximum absolute atomic E-state index is 6.09. The summed E-state index contributed by atoms with van der Waals surface area (Å²) in [6, 6.07) is 24.1. The van der Waals surface area contributed by atoms with Gasteiger partial charge in [-0.25, -0.2) is 4.98 Å². The maximum Gasteiger partial charge on any atom is 0.214 e. The van der Waals surface area contributed by atoms with Crippen LogP contribution in [0.3, 0.4) is 0 Å². The minimum absolute atomic E-state index is 0.506. The van der Waals surface area contributed by atoms with Gasteiger partial charge >= 0.3 is 0 Å². The Morgan fingerprint density at radius 1 is 0.905 bits per heavy atom. The first-order chi connectivity index (χ1) is 20.7. The average molecular weight is 554 g/mol. The van der Waals surface area contributed by atoms with E-state index in [4.69, 9.17) is 4.74 Å². The average Bonchev–Trinajstić information content (AvgIpc) is 3.61. The van der Waals surface area contributed by atoms with E-state index < -0.39 is 0 Å². The normalized spacial score (nSPS) is 15.9. The number of ether oxygens (including phenoxy) is 1. The van der Waals surface area contributed by atoms with Gasteiger partial charge in [0, 0.05) is 62.1 Å². The molecule has 3 aliphatic rings. The van der Waals surface area contributed by atoms with E-state index in [9.17, 15) is 0 Å². The standard InChI is InChI=1S/C36H35N5O/c1-40-22-30(20-39-40)31-15-27-8-5-13-41(34(27)18-32(31)25-9-10-25)35-16-28(14-29-19-37-21-33(29)35)26-11-12-38-36(17-26)42-23-24-6-3-2-4-7-24/h2-4,6-7,11-12,14-18,20,22,25,37H,5,8-10,13,19,21,23H2,1H3. The number of hydrogen-bond acceptors (Lipinski definition) is 5. The number of anilines is 2. The molecule has 6 heteroatoms. The van der Waals surface area contributed by atoms with Crippen molar-refractivity contribution >= 4 is 11.4 Å². The van der Waals surface area contributed by atoms with E-state index in [1.54, 1.807) is 0 Å². The molecule has 5 aromatic rings. The molecule has 1 aliphatic carbocycles. The quantitative estimate of drug-likeness (QED) is 0.229. The third-order valence-corrected chi connectivity index (χ3v) is 8.93. The first-order valence-corrected chi connectivity index (χ1v) is 15.1. The SMILES string of the molecule is Cn1cc(-c2cc3c(cc2C2CC2)N(c2cc(-c4ccnc(OCc5ccccc5)c4)cc4c2CNC4)CCC3)cn1. The molecule has 0 amide bonds. The van der Waals surface area contributed by atoms with E-state index in [1.165, 1.54) is 63.2 Å². The van der Waals surface area contributed by atoms with Crippen LogP contribution in [0.5, 0.6) is 5.88 Å². The van der Waals surface area contributed by atoms with Crippen LogP contribution in [0.25, 0.3) is 22.3 Å². The van der Waals surface area contributed by atoms with Crippen molar-refractivity contribution < 1.29 is 4.74 Å². The second-order valence-electron chi connectivity index (χ2n) is 11.9. The van der Waals surface area contributed by atoms with Crippen LogP contribution in [-0.4, -0.2) is 21.3 Å². The fourth-order valence-corrected chi connectivity index (χ4v) is 6.65. The molecular weight excluding hydrogens is 518 g/mol. The molecule has 0 radical (unpaired) electrons. The second kappa shape index (κ2) is 10.4. The summed E-state index contributed by atoms with van der Waals surface area (Å²) in [7, 11) is 2.00. The summed E-state index contributed by atoms with van der Waals surface area (Å²) in [6.45, 7) is 3.33. The van der Waals surface area contributed by atoms with E-state index >= 15 is 0 Å². The Morgan fingerprint density at radius 3 is 2.64 bits per heavy atom. The fourth-order valence-electron chi connectivity index (χ4n) is 6.65. The molecule has 42 heavy (non-hydrogen) atoms. The lowest BCUT2D eigenvalue weighted by Crippen LogP contribution is -2.26. The molecule has 210 valence electrons. The number of rotatable bonds is 7. The summed E-state index contributed by atoms with van der Waals surface area (Å²) in [5.41, 5.74) is 14.5. The molecular formula is C36H35N5O. The smallest absolute Gasteiger partial charge is 0.214 e. The fraction of sp³-hybridized carbons (Fsp3) is 0.278. The van der Waals surface area contributed by atoms with Gasteiger partial charge in [-0.2, -0.15) is 5.10 Å². The number of nitrogens with zero attached hydrogens (tertiary/aromatic N) is 4. The molecule has 0 saturated heterocycles. The lowest BCUT2D eigenvalue weighted by Gasteiger charge is -2.34. The zero-order valence-electron chi connectivity index (χ0n) is 24.0. The van der Waals surface area contributed by atoms with Crippen LogP contribution in [0, 0.1) is 0 Å². The third-order valence-electron chi connectivity index (χ3n) is 8.93. The Bertz CT molecular complexity index is 1770. The van der Waals surface area contributed by atoms with E-state index in [1.807, 2.05) is 42.3 Å². The highest BCUT2D eigenvalue weighted by atomic mass is 16.5. The Balaban J connectivity index is 1.17. The second-order valence-corrected chi connectivity index (χ2v) is 11.9. The highest BCUT2D eigenvalue weighted by Crippen LogP contribution is 2.49. The topological polar surface area (TPSA) is 55.2 Å². The predicted octanol–water partition coefficient (Wildman–Crippen LogP) is 7.29. The largest absolute Gasteiger partial charge is 0.473 e. The predicted molar refractivity (Wildman–Crippen MR) is 167 cm³/mol. The number of hydrogen-bond donors (Lipinski definition) is 1. The number of aryl methyl sites for hydroxylation is 2. The number of benzene rings is 3. The third kappa shape index (κ3) is 4.76. The van der Waals surface area contributed by atoms with Gasteiger partial charge in [0.25, 0.3) is 0 Å². The lowest BCUT2D eigenvalue weighted by molar-refractivity contribution is 0.294. The van der Waals surface area contributed by atoms with Gasteiger partial charge in [0.15, 0.2) is 0 Å². The molecule has 1 fully saturated rings. The summed E-state index contributed by atoms with van der Waals surface area (Å²) >= 11 is 0. The van der Waals surface area contributed by atoms with Gasteiger partial charge in [-0.3, -0.25) is 4.68 Å². The number of fused-ring (bicyclic) bond motifs is 2. The van der Waals surface area contributed by atoms with E-state index in [2.05, 4.69) is 75.0 Å². The van der Waals surface area contributed by atoms with Crippen molar-refractivity contribution in [2.24, 2.45) is 7.05 Å². The number of nitrogens with one attached hydrogen (secondary N) is 1. The van der Waals surface area contributed by atoms with Crippen molar-refractivity contribution in [3.05, 3.63) is 113 Å². The molecule has 2 aromatic heterocycles. The molecule has 1 N–H and O–H groups in total. The van der Waals surface area contributed by atoms with Gasteiger partial charge in [-0.15, -0.1) is 0 Å². The molecule has 0 unspecified atom stereocenters. The molecule has 4 heterocycles. The number of aromatic nitrogens is 3. The molecule has 6 nitrogen and oxygen atoms in total. The van der Waals surface area contributed by atoms with Crippen LogP contribution in [0.15, 0.2) is 85.3 Å². The minimum Gasteiger partial charge on any atom is -0.473 e. The summed E-state index contributed by atoms with van der Waals surface area (Å²) in [5, 5.41) is 8.10. The molecule has 0 bridgehead atoms. The zero-order chi connectivity index (χ0) is 28.0. The van der Waals surface area contributed by atoms with Crippen molar-refractivity contribution in [2.45, 2.75) is 51.3 Å². The van der Waals surface area contributed by atoms with Crippen molar-refractivity contribution in [2.75, 3.05) is 11.4 Å². The zero-order valence-corrected chi connectivity index (χ0v) is 24.0. The van der Waals surface area contributed by atoms with Gasteiger partial charge in [0.2, 0.25) is 5.88 Å². The first kappa shape index (κ1) is 25.3. The minimum atomic E-state index is 0.506. The van der Waals surface area contributed by atoms with Crippen molar-refractivity contribution in [1.29, 1.82) is 0 Å². The lowest BCUT2D eigenvalue weighted by atomic mass is 9.90. The molecule has 3 aromatic carbocycles. The van der Waals surface area contributed by atoms with Crippen LogP contribution in [0.4, 0.5) is 11.4 Å². The van der Waals surface area contributed by atoms with Crippen LogP contribution in [0.2, 0.25) is 0 Å². The highest BCUT2D eigenvalue weighted by molar-refractivity contribution is 5.81. The van der Waals surface area contributed by atoms with E-state index in [0.29, 0.717) is 18.4 Å². The van der Waals surface area contributed by atoms with Crippen LogP contribution >= 0.6 is 0 Å². The Morgan fingerprint density at radius 2 is 1.81 bits per heavy atom. The Labute approximate surface area is 247 Å². The summed E-state index contributed by atoms with van der Waals surface area (Å²) < 4.78 is 8.00. The van der Waals surface area contributed by atoms with Crippen molar-refractivity contribution in [3.63, 3.8) is 0 Å². The van der Waals surface area contributed by atoms with Crippen LogP contribution in [-0.2, 0) is 33.2 Å².